The number of nitrogens with zero attached hydrogens (tertiary/aromatic N) is 1. The van der Waals surface area contributed by atoms with Crippen LogP contribution in [0.5, 0.6) is 17.2 Å². The van der Waals surface area contributed by atoms with Crippen LogP contribution in [0.15, 0.2) is 16.7 Å². The molecule has 0 saturated carbocycles. The highest BCUT2D eigenvalue weighted by Gasteiger charge is 2.16. The molecule has 2 N–H and O–H groups in total. The number of carbonyl (C=O) groups is 1. The van der Waals surface area contributed by atoms with Crippen LogP contribution in [0.1, 0.15) is 17.0 Å². The van der Waals surface area contributed by atoms with Crippen LogP contribution in [0.25, 0.3) is 0 Å². The Hall–Kier alpha value is -2.90. The molecule has 0 atom stereocenters. The summed E-state index contributed by atoms with van der Waals surface area (Å²) in [6, 6.07) is 3.07. The molecule has 2 amide bonds. The summed E-state index contributed by atoms with van der Waals surface area (Å²) in [6.45, 7) is 3.69. The smallest absolute Gasteiger partial charge is 0.319 e. The number of anilines is 1. The standard InChI is InChI=1S/C16H21N3O5/c1-9-15(10(2)24-19-9)18-16(20)17-8-12-13(22-4)6-11(21-3)7-14(12)23-5/h6-7H,8H2,1-5H3,(H2,17,18,20). The molecule has 0 aliphatic carbocycles. The first-order chi connectivity index (χ1) is 11.5. The number of benzene rings is 1. The Morgan fingerprint density at radius 3 is 2.21 bits per heavy atom. The number of carbonyl (C=O) groups excluding carboxylic acids is 1. The number of amides is 2. The monoisotopic (exact) mass is 335 g/mol. The lowest BCUT2D eigenvalue weighted by atomic mass is 10.1. The van der Waals surface area contributed by atoms with Gasteiger partial charge in [-0.05, 0) is 13.8 Å². The van der Waals surface area contributed by atoms with Gasteiger partial charge in [0, 0.05) is 12.1 Å². The first-order valence-electron chi connectivity index (χ1n) is 7.26. The molecule has 0 aliphatic rings. The molecule has 1 aromatic heterocycles. The van der Waals surface area contributed by atoms with Crippen molar-refractivity contribution in [2.75, 3.05) is 26.6 Å². The molecule has 1 aromatic carbocycles. The third kappa shape index (κ3) is 3.70. The van der Waals surface area contributed by atoms with Gasteiger partial charge in [-0.3, -0.25) is 0 Å². The Morgan fingerprint density at radius 2 is 1.75 bits per heavy atom. The Bertz CT molecular complexity index is 682. The van der Waals surface area contributed by atoms with Crippen LogP contribution in [0.2, 0.25) is 0 Å². The highest BCUT2D eigenvalue weighted by molar-refractivity contribution is 5.90. The Kier molecular flexibility index (Phi) is 5.51. The summed E-state index contributed by atoms with van der Waals surface area (Å²) in [4.78, 5) is 12.1. The molecule has 0 radical (unpaired) electrons. The minimum atomic E-state index is -0.385. The first-order valence-corrected chi connectivity index (χ1v) is 7.26. The van der Waals surface area contributed by atoms with Crippen molar-refractivity contribution in [3.8, 4) is 17.2 Å². The largest absolute Gasteiger partial charge is 0.496 e. The highest BCUT2D eigenvalue weighted by atomic mass is 16.5. The molecule has 2 aromatic rings. The van der Waals surface area contributed by atoms with Crippen LogP contribution >= 0.6 is 0 Å². The van der Waals surface area contributed by atoms with Gasteiger partial charge in [0.2, 0.25) is 0 Å². The number of urea groups is 1. The third-order valence-electron chi connectivity index (χ3n) is 3.51. The van der Waals surface area contributed by atoms with Gasteiger partial charge in [0.25, 0.3) is 0 Å². The van der Waals surface area contributed by atoms with Gasteiger partial charge >= 0.3 is 6.03 Å². The lowest BCUT2D eigenvalue weighted by Gasteiger charge is -2.15. The van der Waals surface area contributed by atoms with Crippen molar-refractivity contribution in [2.24, 2.45) is 0 Å². The van der Waals surface area contributed by atoms with Crippen LogP contribution in [0.3, 0.4) is 0 Å². The van der Waals surface area contributed by atoms with Crippen molar-refractivity contribution in [1.29, 1.82) is 0 Å². The second-order valence-electron chi connectivity index (χ2n) is 5.02. The third-order valence-corrected chi connectivity index (χ3v) is 3.51. The Balaban J connectivity index is 2.12. The lowest BCUT2D eigenvalue weighted by Crippen LogP contribution is -2.29. The molecule has 2 rings (SSSR count). The molecule has 0 spiro atoms. The number of hydrogen-bond acceptors (Lipinski definition) is 6. The molecule has 24 heavy (non-hydrogen) atoms. The second-order valence-corrected chi connectivity index (χ2v) is 5.02. The topological polar surface area (TPSA) is 94.9 Å². The number of hydrogen-bond donors (Lipinski definition) is 2. The van der Waals surface area contributed by atoms with E-state index in [-0.39, 0.29) is 12.6 Å². The summed E-state index contributed by atoms with van der Waals surface area (Å²) in [7, 11) is 4.65. The van der Waals surface area contributed by atoms with Gasteiger partial charge in [-0.2, -0.15) is 0 Å². The van der Waals surface area contributed by atoms with Crippen molar-refractivity contribution in [3.05, 3.63) is 29.2 Å². The van der Waals surface area contributed by atoms with E-state index in [1.54, 1.807) is 47.3 Å². The first kappa shape index (κ1) is 17.5. The maximum atomic E-state index is 12.1. The van der Waals surface area contributed by atoms with Gasteiger partial charge in [-0.25, -0.2) is 4.79 Å². The SMILES string of the molecule is COc1cc(OC)c(CNC(=O)Nc2c(C)noc2C)c(OC)c1. The zero-order valence-corrected chi connectivity index (χ0v) is 14.4. The van der Waals surface area contributed by atoms with Crippen LogP contribution in [-0.4, -0.2) is 32.5 Å². The average molecular weight is 335 g/mol. The number of aryl methyl sites for hydroxylation is 2. The maximum absolute atomic E-state index is 12.1. The van der Waals surface area contributed by atoms with E-state index in [1.807, 2.05) is 0 Å². The van der Waals surface area contributed by atoms with Crippen LogP contribution < -0.4 is 24.8 Å². The van der Waals surface area contributed by atoms with Gasteiger partial charge < -0.3 is 29.4 Å². The Morgan fingerprint density at radius 1 is 1.12 bits per heavy atom. The van der Waals surface area contributed by atoms with E-state index in [0.29, 0.717) is 40.0 Å². The summed E-state index contributed by atoms with van der Waals surface area (Å²) in [6.07, 6.45) is 0. The highest BCUT2D eigenvalue weighted by Crippen LogP contribution is 2.33. The molecule has 8 nitrogen and oxygen atoms in total. The van der Waals surface area contributed by atoms with Gasteiger partial charge in [0.05, 0.1) is 33.4 Å². The zero-order valence-electron chi connectivity index (χ0n) is 14.4. The van der Waals surface area contributed by atoms with E-state index in [0.717, 1.165) is 0 Å². The fraction of sp³-hybridized carbons (Fsp3) is 0.375. The van der Waals surface area contributed by atoms with E-state index in [9.17, 15) is 4.79 Å². The molecule has 0 aliphatic heterocycles. The van der Waals surface area contributed by atoms with Crippen LogP contribution in [0, 0.1) is 13.8 Å². The normalized spacial score (nSPS) is 10.2. The van der Waals surface area contributed by atoms with Crippen molar-refractivity contribution in [1.82, 2.24) is 10.5 Å². The number of nitrogens with one attached hydrogen (secondary N) is 2. The van der Waals surface area contributed by atoms with Gasteiger partial charge in [-0.1, -0.05) is 5.16 Å². The van der Waals surface area contributed by atoms with E-state index in [2.05, 4.69) is 15.8 Å². The second kappa shape index (κ2) is 7.58. The predicted molar refractivity (Wildman–Crippen MR) is 87.9 cm³/mol. The molecule has 0 saturated heterocycles. The summed E-state index contributed by atoms with van der Waals surface area (Å²) in [5, 5.41) is 9.26. The molecule has 0 fully saturated rings. The number of ether oxygens (including phenoxy) is 3. The Labute approximate surface area is 140 Å². The van der Waals surface area contributed by atoms with Gasteiger partial charge in [-0.15, -0.1) is 0 Å². The van der Waals surface area contributed by atoms with Gasteiger partial charge in [0.15, 0.2) is 5.76 Å². The van der Waals surface area contributed by atoms with Crippen molar-refractivity contribution < 1.29 is 23.5 Å². The number of methoxy groups -OCH3 is 3. The number of rotatable bonds is 6. The minimum Gasteiger partial charge on any atom is -0.496 e. The van der Waals surface area contributed by atoms with E-state index < -0.39 is 0 Å². The zero-order chi connectivity index (χ0) is 17.7. The van der Waals surface area contributed by atoms with E-state index in [4.69, 9.17) is 18.7 Å². The average Bonchev–Trinajstić information content (AvgIpc) is 2.90. The van der Waals surface area contributed by atoms with Crippen molar-refractivity contribution in [2.45, 2.75) is 20.4 Å². The molecule has 1 heterocycles. The van der Waals surface area contributed by atoms with Crippen LogP contribution in [-0.2, 0) is 6.54 Å². The molecule has 0 unspecified atom stereocenters. The van der Waals surface area contributed by atoms with Gasteiger partial charge in [0.1, 0.15) is 28.6 Å². The molecule has 8 heteroatoms. The summed E-state index contributed by atoms with van der Waals surface area (Å²) in [5.74, 6) is 2.27. The maximum Gasteiger partial charge on any atom is 0.319 e. The fourth-order valence-electron chi connectivity index (χ4n) is 2.24. The minimum absolute atomic E-state index is 0.214. The quantitative estimate of drug-likeness (QED) is 0.843. The summed E-state index contributed by atoms with van der Waals surface area (Å²) >= 11 is 0. The van der Waals surface area contributed by atoms with Crippen molar-refractivity contribution >= 4 is 11.7 Å². The molecule has 0 bridgehead atoms. The van der Waals surface area contributed by atoms with E-state index in [1.165, 1.54) is 0 Å². The predicted octanol–water partition coefficient (Wildman–Crippen LogP) is 2.64. The van der Waals surface area contributed by atoms with Crippen molar-refractivity contribution in [3.63, 3.8) is 0 Å². The summed E-state index contributed by atoms with van der Waals surface area (Å²) in [5.41, 5.74) is 1.87. The lowest BCUT2D eigenvalue weighted by molar-refractivity contribution is 0.251. The summed E-state index contributed by atoms with van der Waals surface area (Å²) < 4.78 is 20.9. The molecular weight excluding hydrogens is 314 g/mol. The molecule has 130 valence electrons. The fourth-order valence-corrected chi connectivity index (χ4v) is 2.24. The van der Waals surface area contributed by atoms with Crippen LogP contribution in [0.4, 0.5) is 10.5 Å². The molecular formula is C16H21N3O5. The van der Waals surface area contributed by atoms with E-state index >= 15 is 0 Å². The number of aromatic nitrogens is 1.